The SMILES string of the molecule is COc1ccccc1[C@@H]1[C@H](C(=O)O)[C@@H](c2ccccc2OC)[C@H]1C(=O)Oc1cccc(-c2ccc3c(c2)OCCO3)c1. The molecule has 4 aromatic rings. The lowest BCUT2D eigenvalue weighted by molar-refractivity contribution is -0.158. The van der Waals surface area contributed by atoms with Gasteiger partial charge in [0.15, 0.2) is 11.5 Å². The summed E-state index contributed by atoms with van der Waals surface area (Å²) >= 11 is 0. The molecule has 0 amide bonds. The fourth-order valence-corrected chi connectivity index (χ4v) is 6.15. The smallest absolute Gasteiger partial charge is 0.315 e. The van der Waals surface area contributed by atoms with E-state index in [4.69, 9.17) is 23.7 Å². The number of benzene rings is 4. The van der Waals surface area contributed by atoms with Gasteiger partial charge in [0.05, 0.1) is 26.1 Å². The molecule has 0 spiro atoms. The molecule has 42 heavy (non-hydrogen) atoms. The monoisotopic (exact) mass is 566 g/mol. The number of ether oxygens (including phenoxy) is 5. The Bertz CT molecular complexity index is 1570. The normalized spacial score (nSPS) is 20.6. The number of methoxy groups -OCH3 is 2. The minimum Gasteiger partial charge on any atom is -0.496 e. The number of carboxylic acid groups (broad SMARTS) is 1. The largest absolute Gasteiger partial charge is 0.496 e. The summed E-state index contributed by atoms with van der Waals surface area (Å²) in [5.74, 6) is -1.87. The molecule has 0 saturated heterocycles. The Labute approximate surface area is 243 Å². The third-order valence-corrected chi connectivity index (χ3v) is 8.03. The summed E-state index contributed by atoms with van der Waals surface area (Å²) in [4.78, 5) is 26.8. The van der Waals surface area contributed by atoms with Gasteiger partial charge in [0.1, 0.15) is 30.5 Å². The van der Waals surface area contributed by atoms with Crippen molar-refractivity contribution in [1.82, 2.24) is 0 Å². The molecule has 0 radical (unpaired) electrons. The topological polar surface area (TPSA) is 101 Å². The van der Waals surface area contributed by atoms with Crippen molar-refractivity contribution in [3.05, 3.63) is 102 Å². The number of hydrogen-bond acceptors (Lipinski definition) is 7. The average Bonchev–Trinajstić information content (AvgIpc) is 3.00. The fraction of sp³-hybridized carbons (Fsp3) is 0.235. The van der Waals surface area contributed by atoms with Crippen LogP contribution in [0.4, 0.5) is 0 Å². The van der Waals surface area contributed by atoms with Crippen molar-refractivity contribution < 1.29 is 38.4 Å². The summed E-state index contributed by atoms with van der Waals surface area (Å²) < 4.78 is 28.5. The molecule has 1 N–H and O–H groups in total. The zero-order valence-corrected chi connectivity index (χ0v) is 23.2. The van der Waals surface area contributed by atoms with E-state index < -0.39 is 35.6 Å². The van der Waals surface area contributed by atoms with E-state index >= 15 is 0 Å². The average molecular weight is 567 g/mol. The van der Waals surface area contributed by atoms with Crippen LogP contribution in [0.1, 0.15) is 23.0 Å². The van der Waals surface area contributed by atoms with Crippen molar-refractivity contribution in [2.45, 2.75) is 11.8 Å². The van der Waals surface area contributed by atoms with Crippen molar-refractivity contribution in [3.63, 3.8) is 0 Å². The number of carbonyl (C=O) groups excluding carboxylic acids is 1. The number of esters is 1. The first-order valence-electron chi connectivity index (χ1n) is 13.7. The van der Waals surface area contributed by atoms with Crippen LogP contribution in [-0.2, 0) is 9.59 Å². The van der Waals surface area contributed by atoms with Crippen molar-refractivity contribution in [2.75, 3.05) is 27.4 Å². The van der Waals surface area contributed by atoms with Gasteiger partial charge >= 0.3 is 11.9 Å². The Morgan fingerprint density at radius 3 is 1.90 bits per heavy atom. The third kappa shape index (κ3) is 4.89. The van der Waals surface area contributed by atoms with E-state index in [0.717, 1.165) is 11.1 Å². The van der Waals surface area contributed by atoms with Gasteiger partial charge in [-0.15, -0.1) is 0 Å². The molecule has 1 heterocycles. The van der Waals surface area contributed by atoms with Gasteiger partial charge in [-0.2, -0.15) is 0 Å². The molecule has 0 unspecified atom stereocenters. The molecule has 0 bridgehead atoms. The zero-order chi connectivity index (χ0) is 29.2. The Balaban J connectivity index is 1.36. The van der Waals surface area contributed by atoms with E-state index in [0.29, 0.717) is 53.1 Å². The number of hydrogen-bond donors (Lipinski definition) is 1. The lowest BCUT2D eigenvalue weighted by atomic mass is 9.52. The second-order valence-corrected chi connectivity index (χ2v) is 10.2. The third-order valence-electron chi connectivity index (χ3n) is 8.03. The van der Waals surface area contributed by atoms with Crippen molar-refractivity contribution in [2.24, 2.45) is 11.8 Å². The lowest BCUT2D eigenvalue weighted by Crippen LogP contribution is -2.52. The number of para-hydroxylation sites is 2. The molecule has 1 aliphatic heterocycles. The molecule has 1 saturated carbocycles. The quantitative estimate of drug-likeness (QED) is 0.206. The van der Waals surface area contributed by atoms with Crippen LogP contribution >= 0.6 is 0 Å². The summed E-state index contributed by atoms with van der Waals surface area (Å²) in [7, 11) is 3.06. The van der Waals surface area contributed by atoms with Gasteiger partial charge < -0.3 is 28.8 Å². The van der Waals surface area contributed by atoms with Crippen LogP contribution in [0.3, 0.4) is 0 Å². The molecule has 1 aliphatic carbocycles. The first-order valence-corrected chi connectivity index (χ1v) is 13.7. The van der Waals surface area contributed by atoms with E-state index in [1.165, 1.54) is 14.2 Å². The first kappa shape index (κ1) is 27.2. The molecule has 214 valence electrons. The summed E-state index contributed by atoms with van der Waals surface area (Å²) in [5, 5.41) is 10.4. The molecule has 4 aromatic carbocycles. The molecule has 8 nitrogen and oxygen atoms in total. The summed E-state index contributed by atoms with van der Waals surface area (Å²) in [6.07, 6.45) is 0. The highest BCUT2D eigenvalue weighted by Crippen LogP contribution is 2.60. The van der Waals surface area contributed by atoms with Crippen LogP contribution in [0.5, 0.6) is 28.7 Å². The van der Waals surface area contributed by atoms with Gasteiger partial charge in [-0.3, -0.25) is 9.59 Å². The highest BCUT2D eigenvalue weighted by atomic mass is 16.6. The predicted octanol–water partition coefficient (Wildman–Crippen LogP) is 5.95. The summed E-state index contributed by atoms with van der Waals surface area (Å²) in [5.41, 5.74) is 3.00. The Morgan fingerprint density at radius 2 is 1.29 bits per heavy atom. The molecular weight excluding hydrogens is 536 g/mol. The van der Waals surface area contributed by atoms with Gasteiger partial charge in [0, 0.05) is 11.8 Å². The van der Waals surface area contributed by atoms with Crippen LogP contribution in [0.15, 0.2) is 91.0 Å². The zero-order valence-electron chi connectivity index (χ0n) is 23.2. The van der Waals surface area contributed by atoms with Gasteiger partial charge in [0.2, 0.25) is 0 Å². The van der Waals surface area contributed by atoms with E-state index in [9.17, 15) is 14.7 Å². The number of fused-ring (bicyclic) bond motifs is 1. The van der Waals surface area contributed by atoms with Crippen LogP contribution in [0.2, 0.25) is 0 Å². The van der Waals surface area contributed by atoms with E-state index in [-0.39, 0.29) is 0 Å². The summed E-state index contributed by atoms with van der Waals surface area (Å²) in [6.45, 7) is 0.987. The van der Waals surface area contributed by atoms with Gasteiger partial charge in [0.25, 0.3) is 0 Å². The second kappa shape index (κ2) is 11.5. The molecular formula is C34H30O8. The highest BCUT2D eigenvalue weighted by molar-refractivity contribution is 5.86. The highest BCUT2D eigenvalue weighted by Gasteiger charge is 2.60. The van der Waals surface area contributed by atoms with E-state index in [2.05, 4.69) is 0 Å². The van der Waals surface area contributed by atoms with Crippen LogP contribution < -0.4 is 23.7 Å². The minimum atomic E-state index is -1.01. The van der Waals surface area contributed by atoms with Gasteiger partial charge in [-0.05, 0) is 58.7 Å². The molecule has 6 rings (SSSR count). The number of carboxylic acids is 1. The van der Waals surface area contributed by atoms with Crippen LogP contribution in [0, 0.1) is 11.8 Å². The van der Waals surface area contributed by atoms with Gasteiger partial charge in [-0.1, -0.05) is 54.6 Å². The fourth-order valence-electron chi connectivity index (χ4n) is 6.15. The molecule has 8 heteroatoms. The number of carbonyl (C=O) groups is 2. The molecule has 0 aromatic heterocycles. The Morgan fingerprint density at radius 1 is 0.690 bits per heavy atom. The molecule has 2 atom stereocenters. The minimum absolute atomic E-state index is 0.351. The standard InChI is InChI=1S/C34H30O8/c1-38-25-12-5-3-10-23(25)29-31(33(35)36)30(24-11-4-6-13-26(24)39-2)32(29)34(37)42-22-9-7-8-20(18-22)21-14-15-27-28(19-21)41-17-16-40-27/h3-15,18-19,29-32H,16-17H2,1-2H3,(H,35,36)/t29-,30-,31-,32-/m1/s1. The Hall–Kier alpha value is -4.98. The lowest BCUT2D eigenvalue weighted by Gasteiger charge is -2.49. The van der Waals surface area contributed by atoms with Crippen molar-refractivity contribution >= 4 is 11.9 Å². The first-order chi connectivity index (χ1) is 20.5. The number of aliphatic carboxylic acids is 1. The van der Waals surface area contributed by atoms with Crippen molar-refractivity contribution in [3.8, 4) is 39.9 Å². The van der Waals surface area contributed by atoms with Crippen molar-refractivity contribution in [1.29, 1.82) is 0 Å². The molecule has 1 fully saturated rings. The molecule has 2 aliphatic rings. The van der Waals surface area contributed by atoms with Crippen LogP contribution in [-0.4, -0.2) is 44.5 Å². The van der Waals surface area contributed by atoms with E-state index in [1.54, 1.807) is 36.4 Å². The maximum absolute atomic E-state index is 14.0. The van der Waals surface area contributed by atoms with E-state index in [1.807, 2.05) is 54.6 Å². The van der Waals surface area contributed by atoms with Gasteiger partial charge in [-0.25, -0.2) is 0 Å². The maximum Gasteiger partial charge on any atom is 0.315 e. The predicted molar refractivity (Wildman–Crippen MR) is 155 cm³/mol. The maximum atomic E-state index is 14.0. The number of rotatable bonds is 8. The second-order valence-electron chi connectivity index (χ2n) is 10.2. The van der Waals surface area contributed by atoms with Crippen LogP contribution in [0.25, 0.3) is 11.1 Å². The summed E-state index contributed by atoms with van der Waals surface area (Å²) in [6, 6.07) is 27.3. The Kier molecular flexibility index (Phi) is 7.44.